The van der Waals surface area contributed by atoms with Crippen LogP contribution in [-0.4, -0.2) is 45.8 Å². The molecule has 1 aromatic carbocycles. The first-order chi connectivity index (χ1) is 11.5. The number of hydrogen-bond donors (Lipinski definition) is 1. The molecule has 1 amide bonds. The van der Waals surface area contributed by atoms with Crippen molar-refractivity contribution in [2.75, 3.05) is 24.5 Å². The molecule has 126 valence electrons. The number of carboxylic acid groups (broad SMARTS) is 1. The van der Waals surface area contributed by atoms with Crippen LogP contribution < -0.4 is 10.2 Å². The standard InChI is InChI=1S/C16H17N2O3PS2/c19-14(20)9-18-15(21)13(24-16(18)23)8-10-3-4-11(12(22)7-10)17-5-1-2-6-17/h3-4,7-8H,1-2,5-6,9,22H2,(H,19,20)/b13-8-. The van der Waals surface area contributed by atoms with Gasteiger partial charge in [-0.05, 0) is 41.9 Å². The van der Waals surface area contributed by atoms with Gasteiger partial charge in [0.1, 0.15) is 10.9 Å². The van der Waals surface area contributed by atoms with Gasteiger partial charge in [-0.3, -0.25) is 14.5 Å². The molecule has 0 spiro atoms. The van der Waals surface area contributed by atoms with Crippen molar-refractivity contribution in [2.45, 2.75) is 12.8 Å². The minimum atomic E-state index is -1.07. The summed E-state index contributed by atoms with van der Waals surface area (Å²) in [6.07, 6.45) is 4.21. The molecule has 0 radical (unpaired) electrons. The summed E-state index contributed by atoms with van der Waals surface area (Å²) in [7, 11) is 2.75. The van der Waals surface area contributed by atoms with Crippen molar-refractivity contribution in [1.82, 2.24) is 4.90 Å². The molecule has 24 heavy (non-hydrogen) atoms. The van der Waals surface area contributed by atoms with Crippen LogP contribution in [-0.2, 0) is 9.59 Å². The van der Waals surface area contributed by atoms with Crippen molar-refractivity contribution in [1.29, 1.82) is 0 Å². The molecule has 8 heteroatoms. The number of hydrogen-bond acceptors (Lipinski definition) is 5. The minimum absolute atomic E-state index is 0.286. The Morgan fingerprint density at radius 2 is 2.08 bits per heavy atom. The second kappa shape index (κ2) is 7.21. The summed E-state index contributed by atoms with van der Waals surface area (Å²) in [5.74, 6) is -1.42. The Morgan fingerprint density at radius 1 is 1.38 bits per heavy atom. The van der Waals surface area contributed by atoms with Gasteiger partial charge in [-0.25, -0.2) is 0 Å². The molecule has 5 nitrogen and oxygen atoms in total. The molecule has 1 N–H and O–H groups in total. The lowest BCUT2D eigenvalue weighted by molar-refractivity contribution is -0.140. The molecule has 2 heterocycles. The highest BCUT2D eigenvalue weighted by molar-refractivity contribution is 8.26. The SMILES string of the molecule is O=C(O)CN1C(=O)/C(=C/c2ccc(N3CCCC3)c(P)c2)SC1=S. The molecule has 1 unspecified atom stereocenters. The quantitative estimate of drug-likeness (QED) is 0.490. The lowest BCUT2D eigenvalue weighted by Crippen LogP contribution is -2.33. The number of nitrogens with zero attached hydrogens (tertiary/aromatic N) is 2. The van der Waals surface area contributed by atoms with Crippen LogP contribution in [0.5, 0.6) is 0 Å². The van der Waals surface area contributed by atoms with Crippen LogP contribution in [0.1, 0.15) is 18.4 Å². The number of carbonyl (C=O) groups is 2. The van der Waals surface area contributed by atoms with Gasteiger partial charge in [0.05, 0.1) is 4.91 Å². The lowest BCUT2D eigenvalue weighted by Gasteiger charge is -2.20. The topological polar surface area (TPSA) is 60.9 Å². The van der Waals surface area contributed by atoms with E-state index in [1.807, 2.05) is 12.1 Å². The molecule has 3 rings (SSSR count). The molecule has 2 saturated heterocycles. The van der Waals surface area contributed by atoms with Crippen LogP contribution in [0.15, 0.2) is 23.1 Å². The maximum Gasteiger partial charge on any atom is 0.323 e. The zero-order chi connectivity index (χ0) is 17.3. The third kappa shape index (κ3) is 3.63. The van der Waals surface area contributed by atoms with Crippen LogP contribution in [0.3, 0.4) is 0 Å². The first kappa shape index (κ1) is 17.4. The molecule has 2 aliphatic heterocycles. The van der Waals surface area contributed by atoms with Gasteiger partial charge in [0.15, 0.2) is 0 Å². The Balaban J connectivity index is 1.81. The maximum absolute atomic E-state index is 12.3. The van der Waals surface area contributed by atoms with E-state index in [4.69, 9.17) is 17.3 Å². The molecule has 1 aromatic rings. The Hall–Kier alpha value is -1.43. The number of rotatable bonds is 4. The summed E-state index contributed by atoms with van der Waals surface area (Å²) in [5, 5.41) is 9.96. The summed E-state index contributed by atoms with van der Waals surface area (Å²) in [6.45, 7) is 1.76. The number of benzene rings is 1. The molecule has 0 aromatic heterocycles. The average Bonchev–Trinajstić information content (AvgIpc) is 3.12. The number of carboxylic acids is 1. The maximum atomic E-state index is 12.3. The number of amides is 1. The molecular formula is C16H17N2O3PS2. The highest BCUT2D eigenvalue weighted by atomic mass is 32.2. The van der Waals surface area contributed by atoms with E-state index >= 15 is 0 Å². The second-order valence-electron chi connectivity index (χ2n) is 5.67. The number of carbonyl (C=O) groups excluding carboxylic acids is 1. The highest BCUT2D eigenvalue weighted by Crippen LogP contribution is 2.32. The fourth-order valence-electron chi connectivity index (χ4n) is 2.83. The number of aliphatic carboxylic acids is 1. The Labute approximate surface area is 152 Å². The van der Waals surface area contributed by atoms with Gasteiger partial charge in [-0.2, -0.15) is 0 Å². The minimum Gasteiger partial charge on any atom is -0.480 e. The van der Waals surface area contributed by atoms with E-state index in [1.165, 1.54) is 18.5 Å². The van der Waals surface area contributed by atoms with E-state index in [0.717, 1.165) is 40.6 Å². The zero-order valence-electron chi connectivity index (χ0n) is 12.9. The monoisotopic (exact) mass is 380 g/mol. The summed E-state index contributed by atoms with van der Waals surface area (Å²) in [6, 6.07) is 6.06. The summed E-state index contributed by atoms with van der Waals surface area (Å²) < 4.78 is 0.286. The van der Waals surface area contributed by atoms with Crippen molar-refractivity contribution < 1.29 is 14.7 Å². The van der Waals surface area contributed by atoms with Crippen LogP contribution >= 0.6 is 33.2 Å². The predicted octanol–water partition coefficient (Wildman–Crippen LogP) is 2.07. The first-order valence-corrected chi connectivity index (χ1v) is 9.37. The van der Waals surface area contributed by atoms with Crippen molar-refractivity contribution in [2.24, 2.45) is 0 Å². The van der Waals surface area contributed by atoms with Gasteiger partial charge in [0, 0.05) is 18.8 Å². The van der Waals surface area contributed by atoms with Gasteiger partial charge in [-0.1, -0.05) is 30.0 Å². The van der Waals surface area contributed by atoms with Crippen LogP contribution in [0.2, 0.25) is 0 Å². The van der Waals surface area contributed by atoms with Gasteiger partial charge < -0.3 is 10.0 Å². The molecule has 0 saturated carbocycles. The van der Waals surface area contributed by atoms with Crippen molar-refractivity contribution in [3.8, 4) is 0 Å². The normalized spacial score (nSPS) is 19.6. The van der Waals surface area contributed by atoms with E-state index in [1.54, 1.807) is 6.08 Å². The van der Waals surface area contributed by atoms with E-state index < -0.39 is 12.5 Å². The Kier molecular flexibility index (Phi) is 5.23. The molecule has 1 atom stereocenters. The third-order valence-corrected chi connectivity index (χ3v) is 5.80. The molecular weight excluding hydrogens is 363 g/mol. The smallest absolute Gasteiger partial charge is 0.323 e. The molecule has 0 aliphatic carbocycles. The molecule has 0 bridgehead atoms. The highest BCUT2D eigenvalue weighted by Gasteiger charge is 2.33. The predicted molar refractivity (Wildman–Crippen MR) is 105 cm³/mol. The fraction of sp³-hybridized carbons (Fsp3) is 0.312. The fourth-order valence-corrected chi connectivity index (χ4v) is 4.56. The zero-order valence-corrected chi connectivity index (χ0v) is 15.7. The van der Waals surface area contributed by atoms with Crippen molar-refractivity contribution in [3.05, 3.63) is 28.7 Å². The summed E-state index contributed by atoms with van der Waals surface area (Å²) in [4.78, 5) is 27.1. The molecule has 2 aliphatic rings. The van der Waals surface area contributed by atoms with E-state index in [9.17, 15) is 9.59 Å². The Bertz CT molecular complexity index is 745. The van der Waals surface area contributed by atoms with Crippen LogP contribution in [0, 0.1) is 0 Å². The lowest BCUT2D eigenvalue weighted by atomic mass is 10.1. The summed E-state index contributed by atoms with van der Waals surface area (Å²) in [5.41, 5.74) is 2.10. The van der Waals surface area contributed by atoms with E-state index in [2.05, 4.69) is 20.2 Å². The number of anilines is 1. The van der Waals surface area contributed by atoms with Gasteiger partial charge in [-0.15, -0.1) is 9.24 Å². The third-order valence-electron chi connectivity index (χ3n) is 3.96. The number of thiocarbonyl (C=S) groups is 1. The Morgan fingerprint density at radius 3 is 2.71 bits per heavy atom. The summed E-state index contributed by atoms with van der Waals surface area (Å²) >= 11 is 6.24. The average molecular weight is 380 g/mol. The van der Waals surface area contributed by atoms with E-state index in [0.29, 0.717) is 4.91 Å². The van der Waals surface area contributed by atoms with Crippen LogP contribution in [0.25, 0.3) is 6.08 Å². The van der Waals surface area contributed by atoms with Gasteiger partial charge in [0.2, 0.25) is 0 Å². The van der Waals surface area contributed by atoms with Gasteiger partial charge in [0.25, 0.3) is 5.91 Å². The van der Waals surface area contributed by atoms with E-state index in [-0.39, 0.29) is 10.2 Å². The first-order valence-electron chi connectivity index (χ1n) is 7.57. The second-order valence-corrected chi connectivity index (χ2v) is 7.97. The molecule has 2 fully saturated rings. The van der Waals surface area contributed by atoms with Gasteiger partial charge >= 0.3 is 5.97 Å². The van der Waals surface area contributed by atoms with Crippen LogP contribution in [0.4, 0.5) is 5.69 Å². The van der Waals surface area contributed by atoms with Crippen molar-refractivity contribution >= 4 is 66.5 Å². The van der Waals surface area contributed by atoms with Crippen molar-refractivity contribution in [3.63, 3.8) is 0 Å². The largest absolute Gasteiger partial charge is 0.480 e. The number of thioether (sulfide) groups is 1.